The highest BCUT2D eigenvalue weighted by Crippen LogP contribution is 2.29. The Morgan fingerprint density at radius 2 is 2.08 bits per heavy atom. The molecule has 1 heterocycles. The van der Waals surface area contributed by atoms with Crippen molar-refractivity contribution in [3.8, 4) is 0 Å². The maximum atomic E-state index is 13.7. The van der Waals surface area contributed by atoms with Gasteiger partial charge in [0.2, 0.25) is 0 Å². The fraction of sp³-hybridized carbons (Fsp3) is 0.579. The van der Waals surface area contributed by atoms with Crippen LogP contribution in [0.2, 0.25) is 0 Å². The van der Waals surface area contributed by atoms with Gasteiger partial charge >= 0.3 is 0 Å². The number of hydrogen-bond donors (Lipinski definition) is 2. The van der Waals surface area contributed by atoms with Crippen LogP contribution in [-0.4, -0.2) is 26.1 Å². The standard InChI is InChI=1S/C19H27FN4O/c1-13-8-9-14(10-15(13)20)11-21-16-6-4-5-7-17(16)24-12-18(22-23-24)19(2,3)25/h8-10,12,16-17,21,25H,4-7,11H2,1-3H3/t16-,17+/m0/s1. The number of nitrogens with zero attached hydrogens (tertiary/aromatic N) is 3. The van der Waals surface area contributed by atoms with Crippen molar-refractivity contribution in [2.24, 2.45) is 0 Å². The van der Waals surface area contributed by atoms with Crippen LogP contribution in [0.1, 0.15) is 62.4 Å². The van der Waals surface area contributed by atoms with Crippen molar-refractivity contribution in [3.05, 3.63) is 47.0 Å². The van der Waals surface area contributed by atoms with Crippen LogP contribution in [-0.2, 0) is 12.1 Å². The number of halogens is 1. The highest BCUT2D eigenvalue weighted by molar-refractivity contribution is 5.23. The van der Waals surface area contributed by atoms with Crippen LogP contribution in [0, 0.1) is 12.7 Å². The van der Waals surface area contributed by atoms with Crippen LogP contribution in [0.5, 0.6) is 0 Å². The van der Waals surface area contributed by atoms with Gasteiger partial charge in [0.1, 0.15) is 17.1 Å². The van der Waals surface area contributed by atoms with Crippen LogP contribution in [0.15, 0.2) is 24.4 Å². The zero-order chi connectivity index (χ0) is 18.0. The van der Waals surface area contributed by atoms with Gasteiger partial charge in [-0.1, -0.05) is 30.2 Å². The lowest BCUT2D eigenvalue weighted by Gasteiger charge is -2.32. The van der Waals surface area contributed by atoms with Gasteiger partial charge in [-0.05, 0) is 50.8 Å². The monoisotopic (exact) mass is 346 g/mol. The van der Waals surface area contributed by atoms with Gasteiger partial charge in [-0.2, -0.15) is 0 Å². The Labute approximate surface area is 148 Å². The molecule has 2 N–H and O–H groups in total. The SMILES string of the molecule is Cc1ccc(CN[C@H]2CCCC[C@H]2n2cc(C(C)(C)O)nn2)cc1F. The van der Waals surface area contributed by atoms with E-state index >= 15 is 0 Å². The number of aromatic nitrogens is 3. The number of nitrogens with one attached hydrogen (secondary N) is 1. The van der Waals surface area contributed by atoms with E-state index in [9.17, 15) is 9.50 Å². The van der Waals surface area contributed by atoms with Crippen LogP contribution < -0.4 is 5.32 Å². The van der Waals surface area contributed by atoms with E-state index in [1.54, 1.807) is 26.8 Å². The van der Waals surface area contributed by atoms with Crippen molar-refractivity contribution in [3.63, 3.8) is 0 Å². The summed E-state index contributed by atoms with van der Waals surface area (Å²) in [5.41, 5.74) is 1.21. The molecule has 1 saturated carbocycles. The van der Waals surface area contributed by atoms with Crippen LogP contribution >= 0.6 is 0 Å². The molecule has 1 aliphatic rings. The van der Waals surface area contributed by atoms with Crippen molar-refractivity contribution in [1.29, 1.82) is 0 Å². The average molecular weight is 346 g/mol. The van der Waals surface area contributed by atoms with Crippen molar-refractivity contribution in [2.45, 2.75) is 70.7 Å². The summed E-state index contributed by atoms with van der Waals surface area (Å²) in [5, 5.41) is 22.0. The van der Waals surface area contributed by atoms with E-state index in [-0.39, 0.29) is 17.9 Å². The predicted molar refractivity (Wildman–Crippen MR) is 94.5 cm³/mol. The van der Waals surface area contributed by atoms with Crippen LogP contribution in [0.4, 0.5) is 4.39 Å². The summed E-state index contributed by atoms with van der Waals surface area (Å²) in [6, 6.07) is 5.84. The van der Waals surface area contributed by atoms with Crippen molar-refractivity contribution < 1.29 is 9.50 Å². The van der Waals surface area contributed by atoms with Gasteiger partial charge in [0.15, 0.2) is 0 Å². The molecule has 1 aliphatic carbocycles. The summed E-state index contributed by atoms with van der Waals surface area (Å²) in [7, 11) is 0. The Hall–Kier alpha value is -1.79. The quantitative estimate of drug-likeness (QED) is 0.872. The molecule has 1 fully saturated rings. The molecule has 136 valence electrons. The zero-order valence-electron chi connectivity index (χ0n) is 15.2. The summed E-state index contributed by atoms with van der Waals surface area (Å²) in [6.07, 6.45) is 6.24. The number of benzene rings is 1. The van der Waals surface area contributed by atoms with E-state index in [0.29, 0.717) is 17.8 Å². The molecular weight excluding hydrogens is 319 g/mol. The molecule has 3 rings (SSSR count). The third-order valence-corrected chi connectivity index (χ3v) is 5.01. The van der Waals surface area contributed by atoms with Gasteiger partial charge in [0, 0.05) is 12.6 Å². The molecule has 0 spiro atoms. The Balaban J connectivity index is 1.70. The first-order chi connectivity index (χ1) is 11.8. The molecule has 0 unspecified atom stereocenters. The number of rotatable bonds is 5. The van der Waals surface area contributed by atoms with Crippen LogP contribution in [0.25, 0.3) is 0 Å². The Bertz CT molecular complexity index is 722. The van der Waals surface area contributed by atoms with Gasteiger partial charge in [0.05, 0.1) is 12.2 Å². The molecule has 0 saturated heterocycles. The summed E-state index contributed by atoms with van der Waals surface area (Å²) >= 11 is 0. The molecule has 1 aromatic carbocycles. The number of hydrogen-bond acceptors (Lipinski definition) is 4. The van der Waals surface area contributed by atoms with E-state index in [4.69, 9.17) is 0 Å². The normalized spacial score (nSPS) is 21.5. The maximum absolute atomic E-state index is 13.7. The lowest BCUT2D eigenvalue weighted by atomic mass is 9.90. The second kappa shape index (κ2) is 7.22. The number of aryl methyl sites for hydroxylation is 1. The molecule has 0 amide bonds. The molecule has 0 aliphatic heterocycles. The largest absolute Gasteiger partial charge is 0.384 e. The Morgan fingerprint density at radius 1 is 1.32 bits per heavy atom. The molecule has 2 atom stereocenters. The summed E-state index contributed by atoms with van der Waals surface area (Å²) in [5.74, 6) is -0.161. The van der Waals surface area contributed by atoms with Gasteiger partial charge in [-0.25, -0.2) is 9.07 Å². The third kappa shape index (κ3) is 4.25. The zero-order valence-corrected chi connectivity index (χ0v) is 15.2. The Kier molecular flexibility index (Phi) is 5.20. The first kappa shape index (κ1) is 18.0. The summed E-state index contributed by atoms with van der Waals surface area (Å²) in [4.78, 5) is 0. The average Bonchev–Trinajstić information content (AvgIpc) is 3.06. The molecule has 1 aromatic heterocycles. The smallest absolute Gasteiger partial charge is 0.126 e. The van der Waals surface area contributed by atoms with Crippen molar-refractivity contribution >= 4 is 0 Å². The minimum Gasteiger partial charge on any atom is -0.384 e. The molecule has 25 heavy (non-hydrogen) atoms. The van der Waals surface area contributed by atoms with Gasteiger partial charge in [0.25, 0.3) is 0 Å². The van der Waals surface area contributed by atoms with Gasteiger partial charge in [-0.15, -0.1) is 5.10 Å². The number of aliphatic hydroxyl groups is 1. The second-order valence-corrected chi connectivity index (χ2v) is 7.57. The maximum Gasteiger partial charge on any atom is 0.126 e. The molecule has 2 aromatic rings. The van der Waals surface area contributed by atoms with E-state index in [1.807, 2.05) is 23.0 Å². The minimum absolute atomic E-state index is 0.161. The molecule has 0 radical (unpaired) electrons. The van der Waals surface area contributed by atoms with E-state index in [0.717, 1.165) is 24.8 Å². The van der Waals surface area contributed by atoms with Gasteiger partial charge in [-0.3, -0.25) is 0 Å². The second-order valence-electron chi connectivity index (χ2n) is 7.57. The highest BCUT2D eigenvalue weighted by atomic mass is 19.1. The molecular formula is C19H27FN4O. The Morgan fingerprint density at radius 3 is 2.76 bits per heavy atom. The van der Waals surface area contributed by atoms with Crippen molar-refractivity contribution in [1.82, 2.24) is 20.3 Å². The fourth-order valence-electron chi connectivity index (χ4n) is 3.38. The summed E-state index contributed by atoms with van der Waals surface area (Å²) in [6.45, 7) is 5.83. The molecule has 5 nitrogen and oxygen atoms in total. The first-order valence-electron chi connectivity index (χ1n) is 8.97. The topological polar surface area (TPSA) is 63.0 Å². The molecule has 6 heteroatoms. The van der Waals surface area contributed by atoms with Gasteiger partial charge < -0.3 is 10.4 Å². The predicted octanol–water partition coefficient (Wildman–Crippen LogP) is 3.23. The van der Waals surface area contributed by atoms with Crippen molar-refractivity contribution in [2.75, 3.05) is 0 Å². The first-order valence-corrected chi connectivity index (χ1v) is 8.97. The van der Waals surface area contributed by atoms with Crippen LogP contribution in [0.3, 0.4) is 0 Å². The lowest BCUT2D eigenvalue weighted by molar-refractivity contribution is 0.0736. The minimum atomic E-state index is -0.991. The lowest BCUT2D eigenvalue weighted by Crippen LogP contribution is -2.39. The summed E-state index contributed by atoms with van der Waals surface area (Å²) < 4.78 is 15.6. The molecule has 0 bridgehead atoms. The van der Waals surface area contributed by atoms with E-state index < -0.39 is 5.60 Å². The van der Waals surface area contributed by atoms with E-state index in [2.05, 4.69) is 15.6 Å². The third-order valence-electron chi connectivity index (χ3n) is 5.01. The fourth-order valence-corrected chi connectivity index (χ4v) is 3.38. The highest BCUT2D eigenvalue weighted by Gasteiger charge is 2.29. The van der Waals surface area contributed by atoms with E-state index in [1.165, 1.54) is 6.42 Å².